The molecule has 354 valence electrons. The Bertz CT molecular complexity index is 2160. The Morgan fingerprint density at radius 3 is 1.97 bits per heavy atom. The van der Waals surface area contributed by atoms with E-state index in [4.69, 9.17) is 20.1 Å². The van der Waals surface area contributed by atoms with Crippen molar-refractivity contribution in [1.82, 2.24) is 24.5 Å². The first-order valence-corrected chi connectivity index (χ1v) is 25.5. The summed E-state index contributed by atoms with van der Waals surface area (Å²) in [6, 6.07) is 17.1. The summed E-state index contributed by atoms with van der Waals surface area (Å²) in [7, 11) is 0. The van der Waals surface area contributed by atoms with Crippen molar-refractivity contribution in [1.29, 1.82) is 0 Å². The average molecular weight is 979 g/mol. The van der Waals surface area contributed by atoms with Gasteiger partial charge in [0.25, 0.3) is 0 Å². The van der Waals surface area contributed by atoms with Crippen LogP contribution in [-0.2, 0) is 47.2 Å². The zero-order valence-corrected chi connectivity index (χ0v) is 39.6. The standard InChI is InChI=1S/C47H60F3N5O10.Ga/c1-34-35(10-7-11-39(34)36-8-3-2-4-9-36)13-14-37-29-42(38(28-40(37)47(48,49)50)30-55-15-6-5-12-41(55)46(62)63)65-27-26-64-25-24-51-16-18-52(31-43(56)57)20-22-54(33-45(60)61)23-21-53(19-17-51)32-44(58)59;/h2-4,7-11,13-14,28-29,41H,5-6,12,15-27,30-33H2,1H3,(H,56,57)(H,58,59)(H,60,61)(H,62,63);/q;+3/p-3/b14-13+;/t41-;/m0./s1. The number of halogens is 3. The maximum Gasteiger partial charge on any atom is 0.417 e. The summed E-state index contributed by atoms with van der Waals surface area (Å²) in [5, 5.41) is 9.98. The number of hydrogen-bond donors (Lipinski definition) is 1. The van der Waals surface area contributed by atoms with Gasteiger partial charge in [-0.25, -0.2) is 0 Å². The van der Waals surface area contributed by atoms with Crippen molar-refractivity contribution in [3.8, 4) is 16.9 Å². The third-order valence-electron chi connectivity index (χ3n) is 12.4. The van der Waals surface area contributed by atoms with Gasteiger partial charge in [-0.15, -0.1) is 0 Å². The second kappa shape index (κ2) is 23.3. The van der Waals surface area contributed by atoms with Gasteiger partial charge < -0.3 is 9.84 Å². The van der Waals surface area contributed by atoms with Crippen LogP contribution >= 0.6 is 0 Å². The summed E-state index contributed by atoms with van der Waals surface area (Å²) < 4.78 is 73.2. The van der Waals surface area contributed by atoms with E-state index in [0.29, 0.717) is 84.9 Å². The van der Waals surface area contributed by atoms with Crippen LogP contribution in [0.3, 0.4) is 0 Å². The van der Waals surface area contributed by atoms with Gasteiger partial charge in [0, 0.05) is 12.1 Å². The fourth-order valence-electron chi connectivity index (χ4n) is 8.74. The van der Waals surface area contributed by atoms with Gasteiger partial charge in [0.15, 0.2) is 0 Å². The van der Waals surface area contributed by atoms with E-state index in [1.807, 2.05) is 70.2 Å². The van der Waals surface area contributed by atoms with Gasteiger partial charge in [0.1, 0.15) is 11.8 Å². The van der Waals surface area contributed by atoms with Gasteiger partial charge in [0.2, 0.25) is 0 Å². The van der Waals surface area contributed by atoms with Crippen molar-refractivity contribution in [2.45, 2.75) is 44.9 Å². The third-order valence-corrected chi connectivity index (χ3v) is 15.3. The van der Waals surface area contributed by atoms with Crippen LogP contribution in [-0.4, -0.2) is 182 Å². The molecule has 19 heteroatoms. The molecule has 0 spiro atoms. The SMILES string of the molecule is Cc1c(/C=C/c2cc(OCCOCCN3CCN4CCN5CCN(CC3)CC(=O)[O][Ga]([O]C(=O)C4)[O]C(=O)C5)c(CN3CCCC[C@H]3C(=O)O)cc2C(F)(F)F)cccc1-c1ccccc1. The second-order valence-electron chi connectivity index (χ2n) is 17.0. The molecular weight excluding hydrogens is 921 g/mol. The maximum absolute atomic E-state index is 14.9. The molecule has 4 fully saturated rings. The number of likely N-dealkylation sites (tertiary alicyclic amines) is 1. The zero-order chi connectivity index (χ0) is 46.6. The number of carboxylic acids is 1. The summed E-state index contributed by atoms with van der Waals surface area (Å²) in [5.41, 5.74) is 2.93. The summed E-state index contributed by atoms with van der Waals surface area (Å²) >= 11 is -3.97. The predicted octanol–water partition coefficient (Wildman–Crippen LogP) is 4.55. The molecule has 15 nitrogen and oxygen atoms in total. The summed E-state index contributed by atoms with van der Waals surface area (Å²) in [5.74, 6) is -2.61. The van der Waals surface area contributed by atoms with E-state index < -0.39 is 59.0 Å². The molecule has 3 aromatic carbocycles. The Morgan fingerprint density at radius 2 is 1.36 bits per heavy atom. The number of benzene rings is 3. The number of carbonyl (C=O) groups is 4. The van der Waals surface area contributed by atoms with Crippen molar-refractivity contribution in [2.24, 2.45) is 0 Å². The van der Waals surface area contributed by atoms with Crippen molar-refractivity contribution >= 4 is 53.3 Å². The molecule has 3 aromatic rings. The molecule has 2 unspecified atom stereocenters. The van der Waals surface area contributed by atoms with E-state index in [1.54, 1.807) is 11.0 Å². The van der Waals surface area contributed by atoms with E-state index in [-0.39, 0.29) is 56.3 Å². The maximum atomic E-state index is 14.9. The van der Waals surface area contributed by atoms with Crippen molar-refractivity contribution < 1.29 is 57.5 Å². The first kappa shape index (κ1) is 49.2. The molecule has 4 saturated heterocycles. The molecule has 4 aliphatic rings. The number of fused-ring (bicyclic) bond motifs is 7. The third kappa shape index (κ3) is 13.9. The summed E-state index contributed by atoms with van der Waals surface area (Å²) in [4.78, 5) is 60.5. The molecule has 0 saturated carbocycles. The number of rotatable bonds is 13. The number of carbonyl (C=O) groups excluding carboxylic acids is 3. The van der Waals surface area contributed by atoms with E-state index in [9.17, 15) is 37.5 Å². The molecule has 4 heterocycles. The Kier molecular flexibility index (Phi) is 17.4. The van der Waals surface area contributed by atoms with Crippen LogP contribution in [0.1, 0.15) is 47.1 Å². The smallest absolute Gasteiger partial charge is 0.417 e. The molecule has 3 atom stereocenters. The molecule has 7 rings (SSSR count). The van der Waals surface area contributed by atoms with E-state index >= 15 is 0 Å². The van der Waals surface area contributed by atoms with E-state index in [0.717, 1.165) is 34.7 Å². The molecule has 0 amide bonds. The molecule has 4 bridgehead atoms. The topological polar surface area (TPSA) is 151 Å². The monoisotopic (exact) mass is 977 g/mol. The van der Waals surface area contributed by atoms with Crippen LogP contribution in [0.25, 0.3) is 23.3 Å². The summed E-state index contributed by atoms with van der Waals surface area (Å²) in [6.45, 7) is 7.32. The minimum absolute atomic E-state index is 0.00200. The molecule has 0 aromatic heterocycles. The van der Waals surface area contributed by atoms with Crippen LogP contribution in [0.5, 0.6) is 5.75 Å². The Balaban J connectivity index is 1.05. The fraction of sp³-hybridized carbons (Fsp3) is 0.489. The predicted molar refractivity (Wildman–Crippen MR) is 239 cm³/mol. The van der Waals surface area contributed by atoms with Gasteiger partial charge in [-0.3, -0.25) is 9.69 Å². The van der Waals surface area contributed by atoms with E-state index in [1.165, 1.54) is 12.1 Å². The summed E-state index contributed by atoms with van der Waals surface area (Å²) in [6.07, 6.45) is 0.262. The van der Waals surface area contributed by atoms with Gasteiger partial charge in [-0.05, 0) is 66.3 Å². The molecule has 0 radical (unpaired) electrons. The number of ether oxygens (including phenoxy) is 2. The Hall–Kier alpha value is -4.73. The number of aliphatic carboxylic acids is 1. The van der Waals surface area contributed by atoms with Gasteiger partial charge in [-0.1, -0.05) is 67.1 Å². The molecule has 4 aliphatic heterocycles. The molecular formula is C47H57F3GaN5O10. The van der Waals surface area contributed by atoms with Crippen LogP contribution < -0.4 is 4.74 Å². The molecule has 66 heavy (non-hydrogen) atoms. The van der Waals surface area contributed by atoms with Crippen molar-refractivity contribution in [2.75, 3.05) is 105 Å². The second-order valence-corrected chi connectivity index (χ2v) is 19.7. The van der Waals surface area contributed by atoms with Gasteiger partial charge in [-0.2, -0.15) is 13.2 Å². The number of carboxylic acid groups (broad SMARTS) is 1. The van der Waals surface area contributed by atoms with Gasteiger partial charge in [0.05, 0.1) is 5.56 Å². The number of nitrogens with zero attached hydrogens (tertiary/aromatic N) is 5. The zero-order valence-electron chi connectivity index (χ0n) is 37.2. The quantitative estimate of drug-likeness (QED) is 0.145. The molecule has 1 N–H and O–H groups in total. The minimum atomic E-state index is -4.71. The average Bonchev–Trinajstić information content (AvgIpc) is 3.31. The van der Waals surface area contributed by atoms with E-state index in [2.05, 4.69) is 4.90 Å². The van der Waals surface area contributed by atoms with Crippen molar-refractivity contribution in [3.63, 3.8) is 0 Å². The minimum Gasteiger partial charge on any atom is -0.480 e. The number of piperidine rings is 1. The Labute approximate surface area is 389 Å². The first-order chi connectivity index (χ1) is 31.8. The van der Waals surface area contributed by atoms with Gasteiger partial charge >= 0.3 is 195 Å². The van der Waals surface area contributed by atoms with Crippen LogP contribution in [0, 0.1) is 6.92 Å². The van der Waals surface area contributed by atoms with Crippen LogP contribution in [0.15, 0.2) is 60.7 Å². The number of hydrogen-bond acceptors (Lipinski definition) is 14. The van der Waals surface area contributed by atoms with Crippen LogP contribution in [0.4, 0.5) is 13.2 Å². The largest absolute Gasteiger partial charge is 0.480 e. The normalized spacial score (nSPS) is 23.0. The fourth-order valence-corrected chi connectivity index (χ4v) is 10.9. The van der Waals surface area contributed by atoms with Crippen LogP contribution in [0.2, 0.25) is 0 Å². The molecule has 0 aliphatic carbocycles. The number of alkyl halides is 3. The van der Waals surface area contributed by atoms with Crippen molar-refractivity contribution in [3.05, 3.63) is 88.5 Å². The first-order valence-electron chi connectivity index (χ1n) is 22.5. The Morgan fingerprint density at radius 1 is 0.758 bits per heavy atom.